The van der Waals surface area contributed by atoms with E-state index in [1.807, 2.05) is 4.90 Å². The Morgan fingerprint density at radius 3 is 2.84 bits per heavy atom. The molecule has 5 heteroatoms. The summed E-state index contributed by atoms with van der Waals surface area (Å²) in [5, 5.41) is 10.5. The minimum atomic E-state index is -0.239. The molecule has 1 saturated heterocycles. The van der Waals surface area contributed by atoms with Gasteiger partial charge in [0.05, 0.1) is 11.7 Å². The predicted molar refractivity (Wildman–Crippen MR) is 77.3 cm³/mol. The number of aliphatic hydroxyl groups is 1. The van der Waals surface area contributed by atoms with Gasteiger partial charge in [0, 0.05) is 28.5 Å². The largest absolute Gasteiger partial charge is 0.393 e. The van der Waals surface area contributed by atoms with Gasteiger partial charge in [0.25, 0.3) is 5.91 Å². The van der Waals surface area contributed by atoms with Crippen LogP contribution in [-0.4, -0.2) is 35.1 Å². The standard InChI is InChI=1S/C14H15BrClNO2/c15-12-5-9(16)2-3-10(12)14(19)17-6-8-1-4-13(18)11(8)7-17/h2-3,5,8,11,13,18H,1,4,6-7H2. The highest BCUT2D eigenvalue weighted by Crippen LogP contribution is 2.39. The van der Waals surface area contributed by atoms with Crippen LogP contribution in [0.15, 0.2) is 22.7 Å². The van der Waals surface area contributed by atoms with E-state index in [9.17, 15) is 9.90 Å². The number of amides is 1. The van der Waals surface area contributed by atoms with E-state index >= 15 is 0 Å². The molecule has 1 aromatic carbocycles. The fraction of sp³-hybridized carbons (Fsp3) is 0.500. The van der Waals surface area contributed by atoms with E-state index in [-0.39, 0.29) is 17.9 Å². The molecule has 3 nitrogen and oxygen atoms in total. The minimum absolute atomic E-state index is 0.0186. The molecule has 0 aromatic heterocycles. The maximum absolute atomic E-state index is 12.5. The van der Waals surface area contributed by atoms with Crippen molar-refractivity contribution >= 4 is 33.4 Å². The fourth-order valence-electron chi connectivity index (χ4n) is 3.24. The molecule has 1 amide bonds. The lowest BCUT2D eigenvalue weighted by molar-refractivity contribution is 0.0751. The first-order valence-corrected chi connectivity index (χ1v) is 7.66. The first kappa shape index (κ1) is 13.4. The predicted octanol–water partition coefficient (Wildman–Crippen LogP) is 2.95. The number of carbonyl (C=O) groups excluding carboxylic acids is 1. The SMILES string of the molecule is O=C(c1ccc(Cl)cc1Br)N1CC2CCC(O)C2C1. The molecule has 2 aliphatic rings. The highest BCUT2D eigenvalue weighted by atomic mass is 79.9. The first-order valence-electron chi connectivity index (χ1n) is 6.48. The number of hydrogen-bond acceptors (Lipinski definition) is 2. The highest BCUT2D eigenvalue weighted by Gasteiger charge is 2.43. The molecule has 3 unspecified atom stereocenters. The van der Waals surface area contributed by atoms with Gasteiger partial charge in [-0.3, -0.25) is 4.79 Å². The number of fused-ring (bicyclic) bond motifs is 1. The number of halogens is 2. The quantitative estimate of drug-likeness (QED) is 0.851. The van der Waals surface area contributed by atoms with Crippen LogP contribution in [0.1, 0.15) is 23.2 Å². The number of rotatable bonds is 1. The van der Waals surface area contributed by atoms with Crippen LogP contribution in [0.2, 0.25) is 5.02 Å². The second-order valence-electron chi connectivity index (χ2n) is 5.40. The molecule has 0 spiro atoms. The lowest BCUT2D eigenvalue weighted by Gasteiger charge is -2.19. The van der Waals surface area contributed by atoms with Gasteiger partial charge in [0.15, 0.2) is 0 Å². The Morgan fingerprint density at radius 1 is 1.37 bits per heavy atom. The summed E-state index contributed by atoms with van der Waals surface area (Å²) in [7, 11) is 0. The molecule has 3 rings (SSSR count). The van der Waals surface area contributed by atoms with Crippen molar-refractivity contribution in [3.05, 3.63) is 33.3 Å². The summed E-state index contributed by atoms with van der Waals surface area (Å²) in [5.41, 5.74) is 0.638. The van der Waals surface area contributed by atoms with Crippen LogP contribution in [-0.2, 0) is 0 Å². The first-order chi connectivity index (χ1) is 9.06. The van der Waals surface area contributed by atoms with Gasteiger partial charge in [-0.25, -0.2) is 0 Å². The van der Waals surface area contributed by atoms with Gasteiger partial charge in [-0.05, 0) is 52.9 Å². The van der Waals surface area contributed by atoms with Gasteiger partial charge < -0.3 is 10.0 Å². The molecule has 0 radical (unpaired) electrons. The van der Waals surface area contributed by atoms with Gasteiger partial charge in [0.2, 0.25) is 0 Å². The Morgan fingerprint density at radius 2 is 2.16 bits per heavy atom. The zero-order valence-corrected chi connectivity index (χ0v) is 12.7. The molecule has 1 N–H and O–H groups in total. The molecule has 102 valence electrons. The number of likely N-dealkylation sites (tertiary alicyclic amines) is 1. The summed E-state index contributed by atoms with van der Waals surface area (Å²) in [6.07, 6.45) is 1.66. The Kier molecular flexibility index (Phi) is 3.58. The molecule has 3 atom stereocenters. The van der Waals surface area contributed by atoms with Crippen LogP contribution in [0.3, 0.4) is 0 Å². The van der Waals surface area contributed by atoms with Crippen molar-refractivity contribution in [3.8, 4) is 0 Å². The average Bonchev–Trinajstić information content (AvgIpc) is 2.91. The molecular formula is C14H15BrClNO2. The van der Waals surface area contributed by atoms with Crippen LogP contribution in [0.25, 0.3) is 0 Å². The third kappa shape index (κ3) is 2.41. The molecule has 0 bridgehead atoms. The molecule has 1 aliphatic heterocycles. The fourth-order valence-corrected chi connectivity index (χ4v) is 4.09. The van der Waals surface area contributed by atoms with Crippen molar-refractivity contribution < 1.29 is 9.90 Å². The summed E-state index contributed by atoms with van der Waals surface area (Å²) in [4.78, 5) is 14.3. The van der Waals surface area contributed by atoms with Crippen LogP contribution >= 0.6 is 27.5 Å². The van der Waals surface area contributed by atoms with E-state index in [4.69, 9.17) is 11.6 Å². The Labute approximate surface area is 125 Å². The maximum atomic E-state index is 12.5. The zero-order chi connectivity index (χ0) is 13.6. The van der Waals surface area contributed by atoms with Crippen molar-refractivity contribution in [2.45, 2.75) is 18.9 Å². The van der Waals surface area contributed by atoms with Crippen LogP contribution in [0, 0.1) is 11.8 Å². The van der Waals surface area contributed by atoms with E-state index < -0.39 is 0 Å². The van der Waals surface area contributed by atoms with E-state index in [1.165, 1.54) is 0 Å². The lowest BCUT2D eigenvalue weighted by Crippen LogP contribution is -2.31. The number of carbonyl (C=O) groups is 1. The summed E-state index contributed by atoms with van der Waals surface area (Å²) in [6, 6.07) is 5.21. The van der Waals surface area contributed by atoms with Crippen LogP contribution in [0.4, 0.5) is 0 Å². The molecule has 1 heterocycles. The number of hydrogen-bond donors (Lipinski definition) is 1. The number of nitrogens with zero attached hydrogens (tertiary/aromatic N) is 1. The van der Waals surface area contributed by atoms with Gasteiger partial charge in [0.1, 0.15) is 0 Å². The highest BCUT2D eigenvalue weighted by molar-refractivity contribution is 9.10. The Hall–Kier alpha value is -0.580. The molecule has 2 fully saturated rings. The summed E-state index contributed by atoms with van der Waals surface area (Å²) in [6.45, 7) is 1.43. The summed E-state index contributed by atoms with van der Waals surface area (Å²) < 4.78 is 0.725. The average molecular weight is 345 g/mol. The van der Waals surface area contributed by atoms with E-state index in [2.05, 4.69) is 15.9 Å². The molecule has 1 aliphatic carbocycles. The van der Waals surface area contributed by atoms with Crippen LogP contribution < -0.4 is 0 Å². The molecule has 1 saturated carbocycles. The van der Waals surface area contributed by atoms with Crippen molar-refractivity contribution in [2.75, 3.05) is 13.1 Å². The van der Waals surface area contributed by atoms with Gasteiger partial charge in [-0.15, -0.1) is 0 Å². The van der Waals surface area contributed by atoms with Crippen LogP contribution in [0.5, 0.6) is 0 Å². The molecule has 19 heavy (non-hydrogen) atoms. The molecule has 1 aromatic rings. The second kappa shape index (κ2) is 5.08. The van der Waals surface area contributed by atoms with E-state index in [1.54, 1.807) is 18.2 Å². The van der Waals surface area contributed by atoms with Crippen molar-refractivity contribution in [1.82, 2.24) is 4.90 Å². The third-order valence-electron chi connectivity index (χ3n) is 4.27. The Bertz CT molecular complexity index is 522. The summed E-state index contributed by atoms with van der Waals surface area (Å²) >= 11 is 9.28. The number of benzene rings is 1. The van der Waals surface area contributed by atoms with Gasteiger partial charge >= 0.3 is 0 Å². The normalized spacial score (nSPS) is 29.6. The monoisotopic (exact) mass is 343 g/mol. The number of aliphatic hydroxyl groups excluding tert-OH is 1. The topological polar surface area (TPSA) is 40.5 Å². The lowest BCUT2D eigenvalue weighted by atomic mass is 10.00. The van der Waals surface area contributed by atoms with Gasteiger partial charge in [-0.1, -0.05) is 11.6 Å². The van der Waals surface area contributed by atoms with E-state index in [0.29, 0.717) is 23.0 Å². The third-order valence-corrected chi connectivity index (χ3v) is 5.16. The maximum Gasteiger partial charge on any atom is 0.255 e. The summed E-state index contributed by atoms with van der Waals surface area (Å²) in [5.74, 6) is 0.741. The second-order valence-corrected chi connectivity index (χ2v) is 6.69. The minimum Gasteiger partial charge on any atom is -0.393 e. The van der Waals surface area contributed by atoms with Gasteiger partial charge in [-0.2, -0.15) is 0 Å². The molecular weight excluding hydrogens is 330 g/mol. The van der Waals surface area contributed by atoms with Crippen molar-refractivity contribution in [3.63, 3.8) is 0 Å². The Balaban J connectivity index is 1.78. The van der Waals surface area contributed by atoms with E-state index in [0.717, 1.165) is 23.9 Å². The zero-order valence-electron chi connectivity index (χ0n) is 10.4. The smallest absolute Gasteiger partial charge is 0.255 e. The van der Waals surface area contributed by atoms with Crippen molar-refractivity contribution in [2.24, 2.45) is 11.8 Å². The van der Waals surface area contributed by atoms with Crippen molar-refractivity contribution in [1.29, 1.82) is 0 Å².